The van der Waals surface area contributed by atoms with Crippen molar-refractivity contribution < 1.29 is 9.53 Å². The predicted molar refractivity (Wildman–Crippen MR) is 76.8 cm³/mol. The van der Waals surface area contributed by atoms with Crippen LogP contribution in [0, 0.1) is 0 Å². The lowest BCUT2D eigenvalue weighted by atomic mass is 10.2. The number of amides is 1. The second kappa shape index (κ2) is 7.11. The highest BCUT2D eigenvalue weighted by atomic mass is 35.5. The van der Waals surface area contributed by atoms with E-state index in [1.165, 1.54) is 11.3 Å². The van der Waals surface area contributed by atoms with Crippen LogP contribution in [0.15, 0.2) is 36.5 Å². The predicted octanol–water partition coefficient (Wildman–Crippen LogP) is 3.67. The van der Waals surface area contributed by atoms with Crippen LogP contribution in [0.25, 0.3) is 0 Å². The van der Waals surface area contributed by atoms with Gasteiger partial charge in [0.05, 0.1) is 0 Å². The maximum Gasteiger partial charge on any atom is 0.413 e. The van der Waals surface area contributed by atoms with Gasteiger partial charge >= 0.3 is 6.09 Å². The van der Waals surface area contributed by atoms with Gasteiger partial charge in [0.1, 0.15) is 6.61 Å². The fourth-order valence-corrected chi connectivity index (χ4v) is 2.53. The van der Waals surface area contributed by atoms with Crippen molar-refractivity contribution in [3.63, 3.8) is 0 Å². The Hall–Kier alpha value is -1.59. The normalized spacial score (nSPS) is 10.2. The minimum atomic E-state index is -0.504. The summed E-state index contributed by atoms with van der Waals surface area (Å²) in [5, 5.41) is 3.12. The summed E-state index contributed by atoms with van der Waals surface area (Å²) in [6.45, 7) is 0.243. The van der Waals surface area contributed by atoms with E-state index in [0.29, 0.717) is 11.0 Å². The molecule has 2 rings (SSSR count). The molecular weight excluding hydrogens is 284 g/mol. The molecule has 0 fully saturated rings. The Kier molecular flexibility index (Phi) is 5.18. The van der Waals surface area contributed by atoms with Gasteiger partial charge in [0.15, 0.2) is 5.13 Å². The van der Waals surface area contributed by atoms with Crippen molar-refractivity contribution >= 4 is 34.2 Å². The molecule has 0 saturated heterocycles. The lowest BCUT2D eigenvalue weighted by molar-refractivity contribution is 0.155. The minimum absolute atomic E-state index is 0.243. The second-order valence-electron chi connectivity index (χ2n) is 3.76. The van der Waals surface area contributed by atoms with Crippen molar-refractivity contribution in [2.24, 2.45) is 0 Å². The second-order valence-corrected chi connectivity index (χ2v) is 5.25. The Labute approximate surface area is 120 Å². The Morgan fingerprint density at radius 3 is 2.89 bits per heavy atom. The number of thiazole rings is 1. The van der Waals surface area contributed by atoms with Crippen molar-refractivity contribution in [2.75, 3.05) is 11.2 Å². The van der Waals surface area contributed by atoms with Crippen LogP contribution in [0.1, 0.15) is 10.4 Å². The smallest absolute Gasteiger partial charge is 0.413 e. The maximum absolute atomic E-state index is 11.6. The van der Waals surface area contributed by atoms with Crippen molar-refractivity contribution in [2.45, 2.75) is 13.0 Å². The zero-order valence-corrected chi connectivity index (χ0v) is 11.7. The molecule has 0 aliphatic carbocycles. The molecule has 2 aromatic rings. The van der Waals surface area contributed by atoms with E-state index in [1.807, 2.05) is 30.3 Å². The molecule has 1 amide bonds. The van der Waals surface area contributed by atoms with E-state index >= 15 is 0 Å². The molecule has 1 aromatic carbocycles. The number of anilines is 1. The van der Waals surface area contributed by atoms with Gasteiger partial charge < -0.3 is 4.74 Å². The molecule has 0 spiro atoms. The van der Waals surface area contributed by atoms with Gasteiger partial charge in [-0.1, -0.05) is 30.3 Å². The standard InChI is InChI=1S/C13H13ClN2O2S/c14-7-6-11-8-15-12(19-11)16-13(17)18-9-10-4-2-1-3-5-10/h1-5,8H,6-7,9H2,(H,15,16,17). The first-order valence-corrected chi connectivity index (χ1v) is 7.11. The number of aryl methyl sites for hydroxylation is 1. The quantitative estimate of drug-likeness (QED) is 0.856. The third-order valence-corrected chi connectivity index (χ3v) is 3.48. The van der Waals surface area contributed by atoms with E-state index in [2.05, 4.69) is 10.3 Å². The molecule has 0 radical (unpaired) electrons. The Morgan fingerprint density at radius 1 is 1.37 bits per heavy atom. The first-order chi connectivity index (χ1) is 9.28. The Balaban J connectivity index is 1.80. The maximum atomic E-state index is 11.6. The third-order valence-electron chi connectivity index (χ3n) is 2.32. The molecule has 1 N–H and O–H groups in total. The van der Waals surface area contributed by atoms with Crippen molar-refractivity contribution in [1.82, 2.24) is 4.98 Å². The van der Waals surface area contributed by atoms with Gasteiger partial charge in [-0.2, -0.15) is 0 Å². The fourth-order valence-electron chi connectivity index (χ4n) is 1.42. The Morgan fingerprint density at radius 2 is 2.16 bits per heavy atom. The highest BCUT2D eigenvalue weighted by Gasteiger charge is 2.07. The van der Waals surface area contributed by atoms with Crippen LogP contribution in [-0.4, -0.2) is 17.0 Å². The average molecular weight is 297 g/mol. The van der Waals surface area contributed by atoms with E-state index < -0.39 is 6.09 Å². The third kappa shape index (κ3) is 4.54. The number of ether oxygens (including phenoxy) is 1. The molecule has 1 aromatic heterocycles. The van der Waals surface area contributed by atoms with Crippen molar-refractivity contribution in [1.29, 1.82) is 0 Å². The minimum Gasteiger partial charge on any atom is -0.444 e. The van der Waals surface area contributed by atoms with Gasteiger partial charge in [-0.05, 0) is 12.0 Å². The van der Waals surface area contributed by atoms with Crippen LogP contribution in [0.2, 0.25) is 0 Å². The van der Waals surface area contributed by atoms with Crippen LogP contribution >= 0.6 is 22.9 Å². The molecule has 0 aliphatic rings. The first kappa shape index (κ1) is 13.8. The lowest BCUT2D eigenvalue weighted by Gasteiger charge is -2.04. The zero-order chi connectivity index (χ0) is 13.5. The van der Waals surface area contributed by atoms with Crippen LogP contribution in [0.4, 0.5) is 9.93 Å². The highest BCUT2D eigenvalue weighted by Crippen LogP contribution is 2.19. The van der Waals surface area contributed by atoms with Crippen LogP contribution < -0.4 is 5.32 Å². The van der Waals surface area contributed by atoms with E-state index in [4.69, 9.17) is 16.3 Å². The SMILES string of the molecule is O=C(Nc1ncc(CCCl)s1)OCc1ccccc1. The number of benzene rings is 1. The molecule has 0 unspecified atom stereocenters. The average Bonchev–Trinajstić information content (AvgIpc) is 2.85. The molecule has 4 nitrogen and oxygen atoms in total. The number of nitrogens with zero attached hydrogens (tertiary/aromatic N) is 1. The number of carbonyl (C=O) groups excluding carboxylic acids is 1. The number of rotatable bonds is 5. The largest absolute Gasteiger partial charge is 0.444 e. The Bertz CT molecular complexity index is 530. The number of hydrogen-bond donors (Lipinski definition) is 1. The van der Waals surface area contributed by atoms with Crippen LogP contribution in [-0.2, 0) is 17.8 Å². The van der Waals surface area contributed by atoms with Crippen molar-refractivity contribution in [3.8, 4) is 0 Å². The first-order valence-electron chi connectivity index (χ1n) is 5.76. The molecular formula is C13H13ClN2O2S. The van der Waals surface area contributed by atoms with Crippen molar-refractivity contribution in [3.05, 3.63) is 47.0 Å². The molecule has 100 valence electrons. The summed E-state index contributed by atoms with van der Waals surface area (Å²) in [4.78, 5) is 16.7. The van der Waals surface area contributed by atoms with Gasteiger partial charge in [-0.25, -0.2) is 9.78 Å². The topological polar surface area (TPSA) is 51.2 Å². The summed E-state index contributed by atoms with van der Waals surface area (Å²) >= 11 is 7.04. The van der Waals surface area contributed by atoms with Gasteiger partial charge in [-0.15, -0.1) is 22.9 Å². The summed E-state index contributed by atoms with van der Waals surface area (Å²) in [7, 11) is 0. The lowest BCUT2D eigenvalue weighted by Crippen LogP contribution is -2.13. The van der Waals surface area contributed by atoms with Gasteiger partial charge in [0.25, 0.3) is 0 Å². The summed E-state index contributed by atoms with van der Waals surface area (Å²) in [5.41, 5.74) is 0.944. The van der Waals surface area contributed by atoms with E-state index in [-0.39, 0.29) is 6.61 Å². The number of nitrogens with one attached hydrogen (secondary N) is 1. The molecule has 0 aliphatic heterocycles. The van der Waals surface area contributed by atoms with Crippen LogP contribution in [0.3, 0.4) is 0 Å². The number of halogens is 1. The highest BCUT2D eigenvalue weighted by molar-refractivity contribution is 7.15. The molecule has 19 heavy (non-hydrogen) atoms. The number of hydrogen-bond acceptors (Lipinski definition) is 4. The fraction of sp³-hybridized carbons (Fsp3) is 0.231. The van der Waals surface area contributed by atoms with Gasteiger partial charge in [-0.3, -0.25) is 5.32 Å². The molecule has 0 atom stereocenters. The monoisotopic (exact) mass is 296 g/mol. The molecule has 1 heterocycles. The number of alkyl halides is 1. The van der Waals surface area contributed by atoms with E-state index in [0.717, 1.165) is 16.9 Å². The molecule has 0 bridgehead atoms. The summed E-state index contributed by atoms with van der Waals surface area (Å²) in [6, 6.07) is 9.51. The summed E-state index contributed by atoms with van der Waals surface area (Å²) < 4.78 is 5.09. The van der Waals surface area contributed by atoms with Gasteiger partial charge in [0, 0.05) is 17.0 Å². The van der Waals surface area contributed by atoms with E-state index in [9.17, 15) is 4.79 Å². The number of carbonyl (C=O) groups is 1. The zero-order valence-electron chi connectivity index (χ0n) is 10.1. The summed E-state index contributed by atoms with van der Waals surface area (Å²) in [6.07, 6.45) is 1.95. The molecule has 6 heteroatoms. The van der Waals surface area contributed by atoms with Gasteiger partial charge in [0.2, 0.25) is 0 Å². The van der Waals surface area contributed by atoms with Crippen LogP contribution in [0.5, 0.6) is 0 Å². The summed E-state index contributed by atoms with van der Waals surface area (Å²) in [5.74, 6) is 0.542. The number of aromatic nitrogens is 1. The molecule has 0 saturated carbocycles. The van der Waals surface area contributed by atoms with E-state index in [1.54, 1.807) is 6.20 Å².